The van der Waals surface area contributed by atoms with E-state index < -0.39 is 0 Å². The van der Waals surface area contributed by atoms with Crippen LogP contribution >= 0.6 is 0 Å². The summed E-state index contributed by atoms with van der Waals surface area (Å²) in [6.07, 6.45) is 1.11. The molecule has 0 bridgehead atoms. The Labute approximate surface area is 152 Å². The van der Waals surface area contributed by atoms with Crippen LogP contribution in [0.2, 0.25) is 0 Å². The largest absolute Gasteiger partial charge is 0.466 e. The first-order valence-electron chi connectivity index (χ1n) is 9.00. The van der Waals surface area contributed by atoms with Crippen molar-refractivity contribution >= 4 is 27.6 Å². The predicted molar refractivity (Wildman–Crippen MR) is 106 cm³/mol. The summed E-state index contributed by atoms with van der Waals surface area (Å²) in [6.45, 7) is 2.27. The van der Waals surface area contributed by atoms with Gasteiger partial charge < -0.3 is 9.72 Å². The molecule has 0 radical (unpaired) electrons. The van der Waals surface area contributed by atoms with E-state index in [1.807, 2.05) is 6.92 Å². The van der Waals surface area contributed by atoms with Gasteiger partial charge in [-0.3, -0.25) is 4.79 Å². The fraction of sp³-hybridized carbons (Fsp3) is 0.174. The molecule has 1 N–H and O–H groups in total. The van der Waals surface area contributed by atoms with Crippen molar-refractivity contribution in [2.75, 3.05) is 6.61 Å². The molecule has 0 fully saturated rings. The normalized spacial score (nSPS) is 11.1. The Kier molecular flexibility index (Phi) is 4.44. The SMILES string of the molecule is CCOC(=O)CCc1ccc2[nH]c(-c3cccc4ccccc34)cc2c1. The summed E-state index contributed by atoms with van der Waals surface area (Å²) in [5.74, 6) is -0.141. The minimum absolute atomic E-state index is 0.141. The minimum Gasteiger partial charge on any atom is -0.466 e. The molecule has 26 heavy (non-hydrogen) atoms. The van der Waals surface area contributed by atoms with Crippen LogP contribution in [-0.2, 0) is 16.0 Å². The molecule has 0 aliphatic carbocycles. The molecule has 0 atom stereocenters. The van der Waals surface area contributed by atoms with E-state index in [0.29, 0.717) is 19.4 Å². The van der Waals surface area contributed by atoms with Gasteiger partial charge in [0.15, 0.2) is 0 Å². The number of esters is 1. The molecule has 130 valence electrons. The molecule has 4 rings (SSSR count). The fourth-order valence-corrected chi connectivity index (χ4v) is 3.42. The number of aromatic amines is 1. The van der Waals surface area contributed by atoms with Crippen molar-refractivity contribution in [2.45, 2.75) is 19.8 Å². The number of aromatic nitrogens is 1. The minimum atomic E-state index is -0.141. The Morgan fingerprint density at radius 2 is 1.81 bits per heavy atom. The smallest absolute Gasteiger partial charge is 0.306 e. The molecule has 3 aromatic carbocycles. The average molecular weight is 343 g/mol. The van der Waals surface area contributed by atoms with E-state index >= 15 is 0 Å². The van der Waals surface area contributed by atoms with Gasteiger partial charge in [0.25, 0.3) is 0 Å². The summed E-state index contributed by atoms with van der Waals surface area (Å²) >= 11 is 0. The Hall–Kier alpha value is -3.07. The van der Waals surface area contributed by atoms with Crippen LogP contribution in [0.5, 0.6) is 0 Å². The average Bonchev–Trinajstić information content (AvgIpc) is 3.09. The number of carbonyl (C=O) groups is 1. The summed E-state index contributed by atoms with van der Waals surface area (Å²) in [5.41, 5.74) is 4.56. The van der Waals surface area contributed by atoms with Gasteiger partial charge in [-0.05, 0) is 47.9 Å². The van der Waals surface area contributed by atoms with E-state index in [1.54, 1.807) is 0 Å². The monoisotopic (exact) mass is 343 g/mol. The maximum atomic E-state index is 11.6. The molecular weight excluding hydrogens is 322 g/mol. The fourth-order valence-electron chi connectivity index (χ4n) is 3.42. The van der Waals surface area contributed by atoms with Crippen molar-refractivity contribution in [3.63, 3.8) is 0 Å². The lowest BCUT2D eigenvalue weighted by Crippen LogP contribution is -2.04. The van der Waals surface area contributed by atoms with Crippen molar-refractivity contribution < 1.29 is 9.53 Å². The summed E-state index contributed by atoms with van der Waals surface area (Å²) in [5, 5.41) is 3.64. The second kappa shape index (κ2) is 7.04. The highest BCUT2D eigenvalue weighted by Crippen LogP contribution is 2.30. The van der Waals surface area contributed by atoms with Gasteiger partial charge in [0.2, 0.25) is 0 Å². The maximum Gasteiger partial charge on any atom is 0.306 e. The zero-order chi connectivity index (χ0) is 17.9. The maximum absolute atomic E-state index is 11.6. The van der Waals surface area contributed by atoms with Crippen molar-refractivity contribution in [3.05, 3.63) is 72.3 Å². The summed E-state index contributed by atoms with van der Waals surface area (Å²) in [4.78, 5) is 15.1. The molecule has 3 nitrogen and oxygen atoms in total. The number of fused-ring (bicyclic) bond motifs is 2. The lowest BCUT2D eigenvalue weighted by Gasteiger charge is -2.04. The number of aryl methyl sites for hydroxylation is 1. The van der Waals surface area contributed by atoms with E-state index in [4.69, 9.17) is 4.74 Å². The molecule has 3 heteroatoms. The highest BCUT2D eigenvalue weighted by molar-refractivity contribution is 5.98. The van der Waals surface area contributed by atoms with Gasteiger partial charge >= 0.3 is 5.97 Å². The van der Waals surface area contributed by atoms with Crippen molar-refractivity contribution in [2.24, 2.45) is 0 Å². The molecule has 1 heterocycles. The molecule has 0 aliphatic heterocycles. The first-order valence-corrected chi connectivity index (χ1v) is 9.00. The molecule has 0 saturated heterocycles. The van der Waals surface area contributed by atoms with Gasteiger partial charge in [-0.25, -0.2) is 0 Å². The zero-order valence-electron chi connectivity index (χ0n) is 14.8. The van der Waals surface area contributed by atoms with Crippen LogP contribution in [0.3, 0.4) is 0 Å². The first kappa shape index (κ1) is 16.4. The number of rotatable bonds is 5. The van der Waals surface area contributed by atoms with Crippen molar-refractivity contribution in [1.82, 2.24) is 4.98 Å². The van der Waals surface area contributed by atoms with Crippen molar-refractivity contribution in [1.29, 1.82) is 0 Å². The number of ether oxygens (including phenoxy) is 1. The summed E-state index contributed by atoms with van der Waals surface area (Å²) < 4.78 is 5.01. The molecule has 4 aromatic rings. The van der Waals surface area contributed by atoms with Crippen LogP contribution in [0.4, 0.5) is 0 Å². The van der Waals surface area contributed by atoms with Gasteiger partial charge in [-0.1, -0.05) is 48.5 Å². The second-order valence-electron chi connectivity index (χ2n) is 6.44. The number of carbonyl (C=O) groups excluding carboxylic acids is 1. The summed E-state index contributed by atoms with van der Waals surface area (Å²) in [7, 11) is 0. The van der Waals surface area contributed by atoms with Gasteiger partial charge in [0, 0.05) is 28.6 Å². The Balaban J connectivity index is 1.66. The van der Waals surface area contributed by atoms with Crippen LogP contribution in [0, 0.1) is 0 Å². The topological polar surface area (TPSA) is 42.1 Å². The van der Waals surface area contributed by atoms with E-state index in [0.717, 1.165) is 22.2 Å². The lowest BCUT2D eigenvalue weighted by molar-refractivity contribution is -0.143. The molecular formula is C23H21NO2. The first-order chi connectivity index (χ1) is 12.7. The van der Waals surface area contributed by atoms with E-state index in [2.05, 4.69) is 71.7 Å². The predicted octanol–water partition coefficient (Wildman–Crippen LogP) is 5.48. The third kappa shape index (κ3) is 3.21. The quantitative estimate of drug-likeness (QED) is 0.487. The van der Waals surface area contributed by atoms with Crippen LogP contribution in [0.1, 0.15) is 18.9 Å². The van der Waals surface area contributed by atoms with Crippen LogP contribution < -0.4 is 0 Å². The third-order valence-electron chi connectivity index (χ3n) is 4.69. The molecule has 1 aromatic heterocycles. The second-order valence-corrected chi connectivity index (χ2v) is 6.44. The Morgan fingerprint density at radius 3 is 2.69 bits per heavy atom. The third-order valence-corrected chi connectivity index (χ3v) is 4.69. The lowest BCUT2D eigenvalue weighted by atomic mass is 10.0. The van der Waals surface area contributed by atoms with Crippen LogP contribution in [-0.4, -0.2) is 17.6 Å². The Bertz CT molecular complexity index is 1070. The standard InChI is InChI=1S/C23H21NO2/c1-2-26-23(25)13-11-16-10-12-21-18(14-16)15-22(24-21)20-9-5-7-17-6-3-4-8-19(17)20/h3-10,12,14-15,24H,2,11,13H2,1H3. The van der Waals surface area contributed by atoms with E-state index in [9.17, 15) is 4.79 Å². The molecule has 0 unspecified atom stereocenters. The molecule has 0 aliphatic rings. The molecule has 0 spiro atoms. The molecule has 0 amide bonds. The number of hydrogen-bond acceptors (Lipinski definition) is 2. The zero-order valence-corrected chi connectivity index (χ0v) is 14.8. The molecule has 0 saturated carbocycles. The van der Waals surface area contributed by atoms with Crippen molar-refractivity contribution in [3.8, 4) is 11.3 Å². The number of nitrogens with one attached hydrogen (secondary N) is 1. The Morgan fingerprint density at radius 1 is 0.962 bits per heavy atom. The van der Waals surface area contributed by atoms with Gasteiger partial charge in [0.1, 0.15) is 0 Å². The highest BCUT2D eigenvalue weighted by Gasteiger charge is 2.08. The number of H-pyrrole nitrogens is 1. The van der Waals surface area contributed by atoms with Crippen LogP contribution in [0.25, 0.3) is 32.9 Å². The number of benzene rings is 3. The van der Waals surface area contributed by atoms with E-state index in [1.165, 1.54) is 16.3 Å². The van der Waals surface area contributed by atoms with E-state index in [-0.39, 0.29) is 5.97 Å². The summed E-state index contributed by atoms with van der Waals surface area (Å²) in [6, 6.07) is 23.3. The highest BCUT2D eigenvalue weighted by atomic mass is 16.5. The van der Waals surface area contributed by atoms with Gasteiger partial charge in [-0.2, -0.15) is 0 Å². The number of hydrogen-bond donors (Lipinski definition) is 1. The van der Waals surface area contributed by atoms with Crippen LogP contribution in [0.15, 0.2) is 66.7 Å². The van der Waals surface area contributed by atoms with Gasteiger partial charge in [-0.15, -0.1) is 0 Å². The van der Waals surface area contributed by atoms with Gasteiger partial charge in [0.05, 0.1) is 6.61 Å².